The van der Waals surface area contributed by atoms with Crippen molar-refractivity contribution in [2.75, 3.05) is 18.0 Å². The lowest BCUT2D eigenvalue weighted by Crippen LogP contribution is -2.21. The van der Waals surface area contributed by atoms with Crippen molar-refractivity contribution >= 4 is 17.3 Å². The molecule has 1 aliphatic rings. The van der Waals surface area contributed by atoms with Crippen LogP contribution < -0.4 is 9.64 Å². The molecule has 0 saturated carbocycles. The van der Waals surface area contributed by atoms with Gasteiger partial charge in [-0.2, -0.15) is 0 Å². The van der Waals surface area contributed by atoms with Crippen molar-refractivity contribution < 1.29 is 23.0 Å². The Labute approximate surface area is 107 Å². The van der Waals surface area contributed by atoms with Crippen molar-refractivity contribution in [3.05, 3.63) is 23.2 Å². The van der Waals surface area contributed by atoms with E-state index in [1.54, 1.807) is 0 Å². The number of hydrogen-bond donors (Lipinski definition) is 1. The van der Waals surface area contributed by atoms with E-state index in [4.69, 9.17) is 11.6 Å². The van der Waals surface area contributed by atoms with E-state index < -0.39 is 18.2 Å². The maximum atomic E-state index is 12.0. The van der Waals surface area contributed by atoms with E-state index in [0.29, 0.717) is 25.2 Å². The molecule has 0 aliphatic carbocycles. The molecule has 1 aliphatic heterocycles. The summed E-state index contributed by atoms with van der Waals surface area (Å²) in [6, 6.07) is 4.07. The van der Waals surface area contributed by atoms with Gasteiger partial charge in [0.15, 0.2) is 0 Å². The van der Waals surface area contributed by atoms with Crippen LogP contribution in [0.1, 0.15) is 6.42 Å². The maximum absolute atomic E-state index is 12.0. The lowest BCUT2D eigenvalue weighted by atomic mass is 10.3. The zero-order chi connectivity index (χ0) is 13.3. The first-order valence-electron chi connectivity index (χ1n) is 5.33. The molecular formula is C11H11ClF3NO2. The Hall–Kier alpha value is -1.14. The third-order valence-electron chi connectivity index (χ3n) is 2.67. The van der Waals surface area contributed by atoms with Crippen LogP contribution in [0.2, 0.25) is 5.02 Å². The first-order chi connectivity index (χ1) is 8.35. The van der Waals surface area contributed by atoms with Gasteiger partial charge in [0.25, 0.3) is 0 Å². The number of hydrogen-bond acceptors (Lipinski definition) is 3. The first-order valence-corrected chi connectivity index (χ1v) is 5.71. The van der Waals surface area contributed by atoms with E-state index in [9.17, 15) is 18.3 Å². The number of ether oxygens (including phenoxy) is 1. The Morgan fingerprint density at radius 1 is 1.39 bits per heavy atom. The smallest absolute Gasteiger partial charge is 0.404 e. The van der Waals surface area contributed by atoms with Gasteiger partial charge < -0.3 is 14.7 Å². The maximum Gasteiger partial charge on any atom is 0.573 e. The molecule has 1 aromatic rings. The number of aliphatic hydroxyl groups is 1. The third-order valence-corrected chi connectivity index (χ3v) is 2.97. The molecule has 1 atom stereocenters. The average molecular weight is 282 g/mol. The monoisotopic (exact) mass is 281 g/mol. The van der Waals surface area contributed by atoms with Crippen LogP contribution in [0, 0.1) is 0 Å². The SMILES string of the molecule is O[C@@H]1CCN(c2ccc(OC(F)(F)F)c(Cl)c2)C1. The van der Waals surface area contributed by atoms with E-state index in [0.717, 1.165) is 0 Å². The zero-order valence-electron chi connectivity index (χ0n) is 9.25. The second-order valence-corrected chi connectivity index (χ2v) is 4.46. The lowest BCUT2D eigenvalue weighted by Gasteiger charge is -2.19. The Kier molecular flexibility index (Phi) is 3.59. The molecule has 1 saturated heterocycles. The number of rotatable bonds is 2. The molecule has 0 unspecified atom stereocenters. The highest BCUT2D eigenvalue weighted by Gasteiger charge is 2.32. The molecule has 0 bridgehead atoms. The molecular weight excluding hydrogens is 271 g/mol. The van der Waals surface area contributed by atoms with Gasteiger partial charge >= 0.3 is 6.36 Å². The molecule has 3 nitrogen and oxygen atoms in total. The minimum Gasteiger partial charge on any atom is -0.404 e. The number of halogens is 4. The Morgan fingerprint density at radius 3 is 2.61 bits per heavy atom. The highest BCUT2D eigenvalue weighted by molar-refractivity contribution is 6.32. The standard InChI is InChI=1S/C11H11ClF3NO2/c12-9-5-7(16-4-3-8(17)6-16)1-2-10(9)18-11(13,14)15/h1-2,5,8,17H,3-4,6H2/t8-/m1/s1. The fourth-order valence-electron chi connectivity index (χ4n) is 1.87. The summed E-state index contributed by atoms with van der Waals surface area (Å²) in [4.78, 5) is 1.86. The third kappa shape index (κ3) is 3.20. The summed E-state index contributed by atoms with van der Waals surface area (Å²) < 4.78 is 39.9. The van der Waals surface area contributed by atoms with Gasteiger partial charge in [-0.25, -0.2) is 0 Å². The topological polar surface area (TPSA) is 32.7 Å². The Balaban J connectivity index is 2.15. The molecule has 100 valence electrons. The lowest BCUT2D eigenvalue weighted by molar-refractivity contribution is -0.274. The van der Waals surface area contributed by atoms with Gasteiger partial charge in [-0.3, -0.25) is 0 Å². The molecule has 1 aromatic carbocycles. The van der Waals surface area contributed by atoms with Crippen LogP contribution >= 0.6 is 11.6 Å². The summed E-state index contributed by atoms with van der Waals surface area (Å²) in [5, 5.41) is 9.28. The summed E-state index contributed by atoms with van der Waals surface area (Å²) in [5.41, 5.74) is 0.672. The highest BCUT2D eigenvalue weighted by Crippen LogP contribution is 2.34. The van der Waals surface area contributed by atoms with Gasteiger partial charge in [-0.15, -0.1) is 13.2 Å². The molecule has 0 amide bonds. The molecule has 7 heteroatoms. The molecule has 0 spiro atoms. The number of nitrogens with zero attached hydrogens (tertiary/aromatic N) is 1. The van der Waals surface area contributed by atoms with E-state index in [1.165, 1.54) is 18.2 Å². The summed E-state index contributed by atoms with van der Waals surface area (Å²) in [7, 11) is 0. The van der Waals surface area contributed by atoms with Crippen LogP contribution in [0.15, 0.2) is 18.2 Å². The minimum atomic E-state index is -4.75. The molecule has 0 radical (unpaired) electrons. The van der Waals surface area contributed by atoms with Gasteiger partial charge in [-0.05, 0) is 24.6 Å². The van der Waals surface area contributed by atoms with Crippen molar-refractivity contribution in [3.63, 3.8) is 0 Å². The second kappa shape index (κ2) is 4.85. The van der Waals surface area contributed by atoms with E-state index in [2.05, 4.69) is 4.74 Å². The van der Waals surface area contributed by atoms with Gasteiger partial charge in [-0.1, -0.05) is 11.6 Å². The molecule has 2 rings (SSSR count). The number of benzene rings is 1. The molecule has 1 N–H and O–H groups in total. The predicted molar refractivity (Wildman–Crippen MR) is 61.0 cm³/mol. The quantitative estimate of drug-likeness (QED) is 0.905. The van der Waals surface area contributed by atoms with Crippen LogP contribution in [-0.4, -0.2) is 30.7 Å². The van der Waals surface area contributed by atoms with Crippen LogP contribution in [0.4, 0.5) is 18.9 Å². The number of alkyl halides is 3. The Morgan fingerprint density at radius 2 is 2.11 bits per heavy atom. The number of β-amino-alcohol motifs (C(OH)–C–C–N with tert-alkyl or cyclic N) is 1. The van der Waals surface area contributed by atoms with Gasteiger partial charge in [0.2, 0.25) is 0 Å². The summed E-state index contributed by atoms with van der Waals surface area (Å²) in [6.07, 6.45) is -4.53. The largest absolute Gasteiger partial charge is 0.573 e. The highest BCUT2D eigenvalue weighted by atomic mass is 35.5. The summed E-state index contributed by atoms with van der Waals surface area (Å²) >= 11 is 5.74. The van der Waals surface area contributed by atoms with Gasteiger partial charge in [0.05, 0.1) is 11.1 Å². The fourth-order valence-corrected chi connectivity index (χ4v) is 2.08. The van der Waals surface area contributed by atoms with Gasteiger partial charge in [0, 0.05) is 18.8 Å². The number of aliphatic hydroxyl groups excluding tert-OH is 1. The second-order valence-electron chi connectivity index (χ2n) is 4.05. The summed E-state index contributed by atoms with van der Waals surface area (Å²) in [6.45, 7) is 1.10. The summed E-state index contributed by atoms with van der Waals surface area (Å²) in [5.74, 6) is -0.423. The van der Waals surface area contributed by atoms with E-state index in [-0.39, 0.29) is 5.02 Å². The van der Waals surface area contributed by atoms with Gasteiger partial charge in [0.1, 0.15) is 5.75 Å². The van der Waals surface area contributed by atoms with E-state index in [1.807, 2.05) is 4.90 Å². The van der Waals surface area contributed by atoms with Crippen molar-refractivity contribution in [3.8, 4) is 5.75 Å². The fraction of sp³-hybridized carbons (Fsp3) is 0.455. The van der Waals surface area contributed by atoms with Crippen molar-refractivity contribution in [1.82, 2.24) is 0 Å². The number of anilines is 1. The van der Waals surface area contributed by atoms with Crippen molar-refractivity contribution in [2.45, 2.75) is 18.9 Å². The van der Waals surface area contributed by atoms with Crippen LogP contribution in [0.5, 0.6) is 5.75 Å². The normalized spacial score (nSPS) is 20.3. The first kappa shape index (κ1) is 13.3. The predicted octanol–water partition coefficient (Wildman–Crippen LogP) is 2.81. The molecule has 18 heavy (non-hydrogen) atoms. The van der Waals surface area contributed by atoms with Crippen LogP contribution in [-0.2, 0) is 0 Å². The van der Waals surface area contributed by atoms with Crippen LogP contribution in [0.3, 0.4) is 0 Å². The zero-order valence-corrected chi connectivity index (χ0v) is 10.0. The molecule has 0 aromatic heterocycles. The van der Waals surface area contributed by atoms with Crippen molar-refractivity contribution in [2.24, 2.45) is 0 Å². The molecule has 1 fully saturated rings. The van der Waals surface area contributed by atoms with E-state index >= 15 is 0 Å². The van der Waals surface area contributed by atoms with Crippen LogP contribution in [0.25, 0.3) is 0 Å². The molecule has 1 heterocycles. The Bertz CT molecular complexity index is 439. The van der Waals surface area contributed by atoms with Crippen molar-refractivity contribution in [1.29, 1.82) is 0 Å². The minimum absolute atomic E-state index is 0.105. The average Bonchev–Trinajstić information content (AvgIpc) is 2.66.